The van der Waals surface area contributed by atoms with Crippen LogP contribution in [0, 0.1) is 5.82 Å². The maximum absolute atomic E-state index is 13.9. The van der Waals surface area contributed by atoms with Crippen molar-refractivity contribution in [1.82, 2.24) is 20.1 Å². The van der Waals surface area contributed by atoms with Gasteiger partial charge < -0.3 is 9.88 Å². The van der Waals surface area contributed by atoms with Crippen molar-refractivity contribution in [3.63, 3.8) is 0 Å². The highest BCUT2D eigenvalue weighted by Crippen LogP contribution is 2.39. The molecule has 1 fully saturated rings. The number of nitrogens with one attached hydrogen (secondary N) is 2. The number of H-pyrrole nitrogens is 2. The molecular formula is C19H19FN4O. The van der Waals surface area contributed by atoms with Crippen LogP contribution < -0.4 is 0 Å². The number of halogens is 1. The van der Waals surface area contributed by atoms with Crippen LogP contribution in [-0.2, 0) is 13.0 Å². The number of carbonyl (C=O) groups is 1. The van der Waals surface area contributed by atoms with E-state index in [-0.39, 0.29) is 11.7 Å². The third-order valence-corrected chi connectivity index (χ3v) is 5.58. The Morgan fingerprint density at radius 3 is 2.96 bits per heavy atom. The maximum Gasteiger partial charge on any atom is 0.270 e. The minimum absolute atomic E-state index is 0.0815. The molecule has 5 nitrogen and oxygen atoms in total. The van der Waals surface area contributed by atoms with Gasteiger partial charge >= 0.3 is 0 Å². The Morgan fingerprint density at radius 1 is 1.32 bits per heavy atom. The van der Waals surface area contributed by atoms with Crippen LogP contribution >= 0.6 is 0 Å². The van der Waals surface area contributed by atoms with Crippen LogP contribution in [0.15, 0.2) is 24.3 Å². The first kappa shape index (κ1) is 14.7. The molecule has 25 heavy (non-hydrogen) atoms. The number of fused-ring (bicyclic) bond motifs is 2. The van der Waals surface area contributed by atoms with Gasteiger partial charge in [0, 0.05) is 42.1 Å². The van der Waals surface area contributed by atoms with Gasteiger partial charge in [0.15, 0.2) is 0 Å². The number of aromatic amines is 2. The summed E-state index contributed by atoms with van der Waals surface area (Å²) >= 11 is 0. The third-order valence-electron chi connectivity index (χ3n) is 5.58. The summed E-state index contributed by atoms with van der Waals surface area (Å²) in [4.78, 5) is 17.7. The van der Waals surface area contributed by atoms with Gasteiger partial charge in [-0.1, -0.05) is 18.6 Å². The van der Waals surface area contributed by atoms with Gasteiger partial charge in [-0.05, 0) is 25.0 Å². The minimum atomic E-state index is -0.334. The molecule has 5 rings (SSSR count). The standard InChI is InChI=1S/C19H19FN4O/c20-14-6-2-5-12-9-16(21-18(12)14)19(25)24-8-7-15-13(10-24)17(23-22-15)11-3-1-4-11/h2,5-6,9,11,21H,1,3-4,7-8,10H2,(H,22,23). The maximum atomic E-state index is 13.9. The normalized spacial score (nSPS) is 17.6. The van der Waals surface area contributed by atoms with Gasteiger partial charge in [-0.3, -0.25) is 9.89 Å². The first-order valence-electron chi connectivity index (χ1n) is 8.83. The molecule has 6 heteroatoms. The van der Waals surface area contributed by atoms with E-state index in [1.807, 2.05) is 11.0 Å². The highest BCUT2D eigenvalue weighted by Gasteiger charge is 2.31. The summed E-state index contributed by atoms with van der Waals surface area (Å²) in [5.41, 5.74) is 4.32. The van der Waals surface area contributed by atoms with Crippen LogP contribution in [0.1, 0.15) is 52.6 Å². The van der Waals surface area contributed by atoms with Crippen LogP contribution in [0.5, 0.6) is 0 Å². The second-order valence-electron chi connectivity index (χ2n) is 7.06. The van der Waals surface area contributed by atoms with Gasteiger partial charge in [-0.2, -0.15) is 5.10 Å². The molecule has 2 N–H and O–H groups in total. The van der Waals surface area contributed by atoms with Crippen molar-refractivity contribution in [2.24, 2.45) is 0 Å². The van der Waals surface area contributed by atoms with Crippen molar-refractivity contribution >= 4 is 16.8 Å². The molecule has 0 bridgehead atoms. The number of benzene rings is 1. The molecule has 1 saturated carbocycles. The zero-order valence-corrected chi connectivity index (χ0v) is 13.8. The third kappa shape index (κ3) is 2.27. The number of hydrogen-bond donors (Lipinski definition) is 2. The molecule has 0 spiro atoms. The SMILES string of the molecule is O=C(c1cc2cccc(F)c2[nH]1)N1CCc2[nH]nc(C3CCC3)c2C1. The Bertz CT molecular complexity index is 969. The summed E-state index contributed by atoms with van der Waals surface area (Å²) in [7, 11) is 0. The van der Waals surface area contributed by atoms with Gasteiger partial charge in [-0.15, -0.1) is 0 Å². The van der Waals surface area contributed by atoms with Crippen LogP contribution in [0.4, 0.5) is 4.39 Å². The van der Waals surface area contributed by atoms with Crippen LogP contribution in [-0.4, -0.2) is 32.5 Å². The molecule has 0 saturated heterocycles. The van der Waals surface area contributed by atoms with E-state index >= 15 is 0 Å². The summed E-state index contributed by atoms with van der Waals surface area (Å²) in [6, 6.07) is 6.60. The molecule has 1 aromatic carbocycles. The lowest BCUT2D eigenvalue weighted by atomic mass is 9.81. The van der Waals surface area contributed by atoms with Crippen molar-refractivity contribution in [1.29, 1.82) is 0 Å². The van der Waals surface area contributed by atoms with E-state index in [9.17, 15) is 9.18 Å². The van der Waals surface area contributed by atoms with Gasteiger partial charge in [-0.25, -0.2) is 4.39 Å². The highest BCUT2D eigenvalue weighted by molar-refractivity contribution is 5.98. The number of nitrogens with zero attached hydrogens (tertiary/aromatic N) is 2. The molecule has 2 aromatic heterocycles. The van der Waals surface area contributed by atoms with E-state index in [2.05, 4.69) is 15.2 Å². The van der Waals surface area contributed by atoms with E-state index in [1.54, 1.807) is 12.1 Å². The number of amides is 1. The Hall–Kier alpha value is -2.63. The highest BCUT2D eigenvalue weighted by atomic mass is 19.1. The minimum Gasteiger partial charge on any atom is -0.348 e. The van der Waals surface area contributed by atoms with Gasteiger partial charge in [0.1, 0.15) is 11.5 Å². The zero-order valence-electron chi connectivity index (χ0n) is 13.8. The van der Waals surface area contributed by atoms with Crippen LogP contribution in [0.3, 0.4) is 0 Å². The first-order chi connectivity index (χ1) is 12.2. The topological polar surface area (TPSA) is 64.8 Å². The Balaban J connectivity index is 1.44. The molecule has 1 aliphatic heterocycles. The fourth-order valence-corrected chi connectivity index (χ4v) is 3.91. The molecular weight excluding hydrogens is 319 g/mol. The number of aromatic nitrogens is 3. The van der Waals surface area contributed by atoms with E-state index < -0.39 is 0 Å². The van der Waals surface area contributed by atoms with Crippen LogP contribution in [0.2, 0.25) is 0 Å². The fourth-order valence-electron chi connectivity index (χ4n) is 3.91. The van der Waals surface area contributed by atoms with E-state index in [0.717, 1.165) is 23.2 Å². The lowest BCUT2D eigenvalue weighted by Crippen LogP contribution is -2.36. The van der Waals surface area contributed by atoms with Crippen LogP contribution in [0.25, 0.3) is 10.9 Å². The molecule has 1 aliphatic carbocycles. The summed E-state index contributed by atoms with van der Waals surface area (Å²) in [6.07, 6.45) is 4.42. The zero-order chi connectivity index (χ0) is 17.0. The second kappa shape index (κ2) is 5.44. The average molecular weight is 338 g/mol. The lowest BCUT2D eigenvalue weighted by Gasteiger charge is -2.30. The van der Waals surface area contributed by atoms with Gasteiger partial charge in [0.2, 0.25) is 0 Å². The number of carbonyl (C=O) groups excluding carboxylic acids is 1. The predicted molar refractivity (Wildman–Crippen MR) is 91.9 cm³/mol. The molecule has 2 aliphatic rings. The molecule has 128 valence electrons. The first-order valence-corrected chi connectivity index (χ1v) is 8.83. The molecule has 3 heterocycles. The molecule has 0 unspecified atom stereocenters. The van der Waals surface area contributed by atoms with Gasteiger partial charge in [0.25, 0.3) is 5.91 Å². The summed E-state index contributed by atoms with van der Waals surface area (Å²) in [5.74, 6) is 0.124. The van der Waals surface area contributed by atoms with Crippen molar-refractivity contribution in [2.75, 3.05) is 6.54 Å². The summed E-state index contributed by atoms with van der Waals surface area (Å²) in [5, 5.41) is 8.39. The molecule has 1 amide bonds. The second-order valence-corrected chi connectivity index (χ2v) is 7.06. The molecule has 3 aromatic rings. The average Bonchev–Trinajstić information content (AvgIpc) is 3.18. The Labute approximate surface area is 144 Å². The molecule has 0 atom stereocenters. The lowest BCUT2D eigenvalue weighted by molar-refractivity contribution is 0.0728. The Kier molecular flexibility index (Phi) is 3.20. The van der Waals surface area contributed by atoms with E-state index in [1.165, 1.54) is 30.9 Å². The number of hydrogen-bond acceptors (Lipinski definition) is 2. The quantitative estimate of drug-likeness (QED) is 0.751. The van der Waals surface area contributed by atoms with E-state index in [4.69, 9.17) is 0 Å². The summed E-state index contributed by atoms with van der Waals surface area (Å²) < 4.78 is 13.9. The van der Waals surface area contributed by atoms with Crippen molar-refractivity contribution < 1.29 is 9.18 Å². The monoisotopic (exact) mass is 338 g/mol. The number of rotatable bonds is 2. The van der Waals surface area contributed by atoms with Gasteiger partial charge in [0.05, 0.1) is 11.2 Å². The largest absolute Gasteiger partial charge is 0.348 e. The smallest absolute Gasteiger partial charge is 0.270 e. The van der Waals surface area contributed by atoms with Crippen molar-refractivity contribution in [3.05, 3.63) is 52.7 Å². The fraction of sp³-hybridized carbons (Fsp3) is 0.368. The van der Waals surface area contributed by atoms with Crippen molar-refractivity contribution in [3.8, 4) is 0 Å². The summed E-state index contributed by atoms with van der Waals surface area (Å²) in [6.45, 7) is 1.23. The number of para-hydroxylation sites is 1. The Morgan fingerprint density at radius 2 is 2.20 bits per heavy atom. The molecule has 0 radical (unpaired) electrons. The predicted octanol–water partition coefficient (Wildman–Crippen LogP) is 3.50. The van der Waals surface area contributed by atoms with E-state index in [0.29, 0.717) is 30.2 Å². The van der Waals surface area contributed by atoms with Crippen molar-refractivity contribution in [2.45, 2.75) is 38.1 Å².